The quantitative estimate of drug-likeness (QED) is 0.642. The molecule has 68 valence electrons. The molecule has 0 aromatic heterocycles. The van der Waals surface area contributed by atoms with Crippen molar-refractivity contribution in [2.24, 2.45) is 0 Å². The summed E-state index contributed by atoms with van der Waals surface area (Å²) >= 11 is 1.55. The molecule has 0 saturated carbocycles. The lowest BCUT2D eigenvalue weighted by Gasteiger charge is -2.03. The highest BCUT2D eigenvalue weighted by atomic mass is 32.2. The Hall–Kier alpha value is -0.960. The molecule has 3 heteroatoms. The van der Waals surface area contributed by atoms with E-state index in [2.05, 4.69) is 0 Å². The van der Waals surface area contributed by atoms with Crippen molar-refractivity contribution in [3.05, 3.63) is 35.9 Å². The van der Waals surface area contributed by atoms with Gasteiger partial charge in [-0.3, -0.25) is 4.79 Å². The minimum atomic E-state index is -0.129. The monoisotopic (exact) mass is 194 g/mol. The van der Waals surface area contributed by atoms with E-state index in [0.717, 1.165) is 5.56 Å². The maximum atomic E-state index is 11.3. The number of benzene rings is 1. The first kappa shape index (κ1) is 8.63. The maximum absolute atomic E-state index is 11.3. The average molecular weight is 194 g/mol. The van der Waals surface area contributed by atoms with E-state index in [1.807, 2.05) is 37.3 Å². The van der Waals surface area contributed by atoms with E-state index < -0.39 is 0 Å². The summed E-state index contributed by atoms with van der Waals surface area (Å²) in [6.45, 7) is 1.89. The second-order valence-electron chi connectivity index (χ2n) is 2.93. The molecule has 1 heterocycles. The molecule has 2 rings (SSSR count). The SMILES string of the molecule is CC1OC(=O)C(c2ccccc2)S1. The first-order valence-electron chi connectivity index (χ1n) is 4.18. The van der Waals surface area contributed by atoms with E-state index in [4.69, 9.17) is 4.74 Å². The molecule has 2 atom stereocenters. The molecule has 0 aliphatic carbocycles. The van der Waals surface area contributed by atoms with Crippen molar-refractivity contribution >= 4 is 17.7 Å². The molecular weight excluding hydrogens is 184 g/mol. The van der Waals surface area contributed by atoms with Crippen LogP contribution in [0.5, 0.6) is 0 Å². The van der Waals surface area contributed by atoms with Crippen LogP contribution in [0.25, 0.3) is 0 Å². The van der Waals surface area contributed by atoms with E-state index in [9.17, 15) is 4.79 Å². The number of ether oxygens (including phenoxy) is 1. The van der Waals surface area contributed by atoms with Crippen LogP contribution in [0, 0.1) is 0 Å². The number of hydrogen-bond donors (Lipinski definition) is 0. The lowest BCUT2D eigenvalue weighted by atomic mass is 10.1. The molecule has 2 nitrogen and oxygen atoms in total. The highest BCUT2D eigenvalue weighted by Gasteiger charge is 2.33. The molecule has 0 amide bonds. The molecule has 1 aliphatic heterocycles. The summed E-state index contributed by atoms with van der Waals surface area (Å²) in [6, 6.07) is 9.73. The van der Waals surface area contributed by atoms with Gasteiger partial charge < -0.3 is 4.74 Å². The Morgan fingerprint density at radius 2 is 2.00 bits per heavy atom. The van der Waals surface area contributed by atoms with Crippen molar-refractivity contribution in [1.82, 2.24) is 0 Å². The van der Waals surface area contributed by atoms with Crippen LogP contribution >= 0.6 is 11.8 Å². The second kappa shape index (κ2) is 3.42. The number of esters is 1. The minimum Gasteiger partial charge on any atom is -0.450 e. The molecule has 1 saturated heterocycles. The van der Waals surface area contributed by atoms with Gasteiger partial charge in [0.2, 0.25) is 0 Å². The Morgan fingerprint density at radius 1 is 1.31 bits per heavy atom. The number of rotatable bonds is 1. The molecule has 0 spiro atoms. The third-order valence-corrected chi connectivity index (χ3v) is 3.14. The van der Waals surface area contributed by atoms with Gasteiger partial charge in [0.25, 0.3) is 0 Å². The van der Waals surface area contributed by atoms with Crippen molar-refractivity contribution in [3.8, 4) is 0 Å². The Kier molecular flexibility index (Phi) is 2.27. The fraction of sp³-hybridized carbons (Fsp3) is 0.300. The molecule has 1 aromatic carbocycles. The molecule has 0 radical (unpaired) electrons. The van der Waals surface area contributed by atoms with Gasteiger partial charge >= 0.3 is 5.97 Å². The maximum Gasteiger partial charge on any atom is 0.324 e. The van der Waals surface area contributed by atoms with Crippen molar-refractivity contribution in [1.29, 1.82) is 0 Å². The number of carbonyl (C=O) groups is 1. The third kappa shape index (κ3) is 1.70. The van der Waals surface area contributed by atoms with Gasteiger partial charge in [0.15, 0.2) is 0 Å². The van der Waals surface area contributed by atoms with E-state index in [1.165, 1.54) is 0 Å². The highest BCUT2D eigenvalue weighted by Crippen LogP contribution is 2.39. The van der Waals surface area contributed by atoms with Gasteiger partial charge in [-0.25, -0.2) is 0 Å². The predicted octanol–water partition coefficient (Wildman–Crippen LogP) is 2.36. The fourth-order valence-corrected chi connectivity index (χ4v) is 2.36. The minimum absolute atomic E-state index is 0.0160. The zero-order valence-electron chi connectivity index (χ0n) is 7.27. The number of cyclic esters (lactones) is 1. The Labute approximate surface area is 81.3 Å². The van der Waals surface area contributed by atoms with Crippen LogP contribution in [0.15, 0.2) is 30.3 Å². The molecule has 1 fully saturated rings. The summed E-state index contributed by atoms with van der Waals surface area (Å²) in [5, 5.41) is -0.129. The number of carbonyl (C=O) groups excluding carboxylic acids is 1. The van der Waals surface area contributed by atoms with Crippen molar-refractivity contribution in [2.45, 2.75) is 17.6 Å². The van der Waals surface area contributed by atoms with Crippen LogP contribution in [-0.2, 0) is 9.53 Å². The van der Waals surface area contributed by atoms with Gasteiger partial charge in [0.05, 0.1) is 0 Å². The topological polar surface area (TPSA) is 26.3 Å². The van der Waals surface area contributed by atoms with Crippen molar-refractivity contribution < 1.29 is 9.53 Å². The van der Waals surface area contributed by atoms with Gasteiger partial charge in [-0.05, 0) is 12.5 Å². The molecule has 13 heavy (non-hydrogen) atoms. The summed E-state index contributed by atoms with van der Waals surface area (Å²) in [6.07, 6.45) is 0. The van der Waals surface area contributed by atoms with Crippen LogP contribution in [0.4, 0.5) is 0 Å². The van der Waals surface area contributed by atoms with Gasteiger partial charge in [0, 0.05) is 0 Å². The van der Waals surface area contributed by atoms with Crippen LogP contribution in [0.1, 0.15) is 17.7 Å². The van der Waals surface area contributed by atoms with E-state index in [1.54, 1.807) is 11.8 Å². The van der Waals surface area contributed by atoms with Crippen LogP contribution < -0.4 is 0 Å². The Morgan fingerprint density at radius 3 is 2.54 bits per heavy atom. The molecule has 1 aliphatic rings. The normalized spacial score (nSPS) is 27.3. The lowest BCUT2D eigenvalue weighted by Crippen LogP contribution is -2.04. The van der Waals surface area contributed by atoms with Crippen molar-refractivity contribution in [2.75, 3.05) is 0 Å². The number of hydrogen-bond acceptors (Lipinski definition) is 3. The third-order valence-electron chi connectivity index (χ3n) is 1.93. The molecule has 0 bridgehead atoms. The average Bonchev–Trinajstić information content (AvgIpc) is 2.47. The smallest absolute Gasteiger partial charge is 0.324 e. The zero-order chi connectivity index (χ0) is 9.26. The molecular formula is C10H10O2S. The second-order valence-corrected chi connectivity index (χ2v) is 4.34. The van der Waals surface area contributed by atoms with Crippen molar-refractivity contribution in [3.63, 3.8) is 0 Å². The summed E-state index contributed by atoms with van der Waals surface area (Å²) in [5.41, 5.74) is 1.01. The summed E-state index contributed by atoms with van der Waals surface area (Å²) in [4.78, 5) is 11.3. The predicted molar refractivity (Wildman–Crippen MR) is 52.3 cm³/mol. The largest absolute Gasteiger partial charge is 0.450 e. The summed E-state index contributed by atoms with van der Waals surface area (Å²) in [5.74, 6) is -0.122. The zero-order valence-corrected chi connectivity index (χ0v) is 8.08. The molecule has 0 N–H and O–H groups in total. The van der Waals surface area contributed by atoms with E-state index in [0.29, 0.717) is 0 Å². The van der Waals surface area contributed by atoms with E-state index >= 15 is 0 Å². The van der Waals surface area contributed by atoms with Crippen LogP contribution in [-0.4, -0.2) is 11.4 Å². The van der Waals surface area contributed by atoms with Gasteiger partial charge in [0.1, 0.15) is 10.7 Å². The Balaban J connectivity index is 2.23. The molecule has 2 unspecified atom stereocenters. The molecule has 1 aromatic rings. The van der Waals surface area contributed by atoms with Crippen LogP contribution in [0.2, 0.25) is 0 Å². The summed E-state index contributed by atoms with van der Waals surface area (Å²) < 4.78 is 5.05. The number of thioether (sulfide) groups is 1. The van der Waals surface area contributed by atoms with E-state index in [-0.39, 0.29) is 16.7 Å². The highest BCUT2D eigenvalue weighted by molar-refractivity contribution is 8.01. The fourth-order valence-electron chi connectivity index (χ4n) is 1.34. The Bertz CT molecular complexity index is 310. The van der Waals surface area contributed by atoms with Gasteiger partial charge in [-0.1, -0.05) is 42.1 Å². The van der Waals surface area contributed by atoms with Gasteiger partial charge in [-0.15, -0.1) is 0 Å². The standard InChI is InChI=1S/C10H10O2S/c1-7-12-10(11)9(13-7)8-5-3-2-4-6-8/h2-7,9H,1H3. The van der Waals surface area contributed by atoms with Gasteiger partial charge in [-0.2, -0.15) is 0 Å². The first-order chi connectivity index (χ1) is 6.27. The lowest BCUT2D eigenvalue weighted by molar-refractivity contribution is -0.141. The first-order valence-corrected chi connectivity index (χ1v) is 5.12. The summed E-state index contributed by atoms with van der Waals surface area (Å²) in [7, 11) is 0. The van der Waals surface area contributed by atoms with Crippen LogP contribution in [0.3, 0.4) is 0 Å².